The first-order valence-corrected chi connectivity index (χ1v) is 9.17. The van der Waals surface area contributed by atoms with Crippen molar-refractivity contribution in [2.75, 3.05) is 7.11 Å². The van der Waals surface area contributed by atoms with E-state index in [9.17, 15) is 13.6 Å². The zero-order chi connectivity index (χ0) is 20.3. The Morgan fingerprint density at radius 2 is 1.93 bits per heavy atom. The number of benzene rings is 2. The van der Waals surface area contributed by atoms with Gasteiger partial charge in [0.05, 0.1) is 17.7 Å². The van der Waals surface area contributed by atoms with Crippen LogP contribution in [0.15, 0.2) is 46.3 Å². The molecule has 1 fully saturated rings. The van der Waals surface area contributed by atoms with Crippen LogP contribution in [0.4, 0.5) is 14.5 Å². The van der Waals surface area contributed by atoms with Crippen LogP contribution in [0.3, 0.4) is 0 Å². The normalized spacial score (nSPS) is 16.7. The van der Waals surface area contributed by atoms with Gasteiger partial charge in [-0.05, 0) is 66.6 Å². The average Bonchev–Trinajstić information content (AvgIpc) is 2.98. The van der Waals surface area contributed by atoms with Crippen LogP contribution in [0.25, 0.3) is 6.08 Å². The number of amides is 1. The topological polar surface area (TPSA) is 59.9 Å². The molecule has 1 aliphatic rings. The lowest BCUT2D eigenvalue weighted by atomic mass is 10.1. The molecule has 2 aromatic carbocycles. The number of nitrogens with zero attached hydrogens (tertiary/aromatic N) is 1. The second-order valence-electron chi connectivity index (χ2n) is 6.06. The Kier molecular flexibility index (Phi) is 5.99. The van der Waals surface area contributed by atoms with Gasteiger partial charge < -0.3 is 14.8 Å². The van der Waals surface area contributed by atoms with Crippen molar-refractivity contribution in [3.8, 4) is 11.5 Å². The van der Waals surface area contributed by atoms with Crippen LogP contribution >= 0.6 is 11.8 Å². The molecule has 28 heavy (non-hydrogen) atoms. The summed E-state index contributed by atoms with van der Waals surface area (Å²) in [5, 5.41) is 3.22. The number of rotatable bonds is 5. The molecule has 0 spiro atoms. The Bertz CT molecular complexity index is 974. The number of aliphatic imine (C=N–C) groups is 1. The average molecular weight is 404 g/mol. The van der Waals surface area contributed by atoms with E-state index in [-0.39, 0.29) is 17.4 Å². The van der Waals surface area contributed by atoms with Crippen LogP contribution in [-0.4, -0.2) is 24.8 Å². The summed E-state index contributed by atoms with van der Waals surface area (Å²) in [6.07, 6.45) is 1.64. The summed E-state index contributed by atoms with van der Waals surface area (Å²) in [6.45, 7) is 0.980. The predicted molar refractivity (Wildman–Crippen MR) is 106 cm³/mol. The third kappa shape index (κ3) is 4.69. The van der Waals surface area contributed by atoms with Crippen LogP contribution in [-0.2, 0) is 4.79 Å². The van der Waals surface area contributed by atoms with Gasteiger partial charge in [-0.2, -0.15) is 8.78 Å². The monoisotopic (exact) mass is 404 g/mol. The molecule has 0 aliphatic carbocycles. The number of carbonyl (C=O) groups is 1. The lowest BCUT2D eigenvalue weighted by Gasteiger charge is -2.10. The second kappa shape index (κ2) is 8.43. The molecule has 1 heterocycles. The van der Waals surface area contributed by atoms with Gasteiger partial charge in [0.15, 0.2) is 16.7 Å². The number of methoxy groups -OCH3 is 1. The summed E-state index contributed by atoms with van der Waals surface area (Å²) in [7, 11) is 1.36. The molecular formula is C20H18F2N2O3S. The number of hydrogen-bond donors (Lipinski definition) is 1. The summed E-state index contributed by atoms with van der Waals surface area (Å²) in [4.78, 5) is 17.2. The first-order chi connectivity index (χ1) is 13.4. The fourth-order valence-corrected chi connectivity index (χ4v) is 3.38. The SMILES string of the molecule is COc1cc(/C=C2/SC(=Nc3cc(C)ccc3C)NC2=O)ccc1OC(F)F. The number of hydrogen-bond acceptors (Lipinski definition) is 5. The van der Waals surface area contributed by atoms with E-state index in [2.05, 4.69) is 15.0 Å². The fraction of sp³-hybridized carbons (Fsp3) is 0.200. The van der Waals surface area contributed by atoms with Crippen molar-refractivity contribution in [2.24, 2.45) is 4.99 Å². The van der Waals surface area contributed by atoms with E-state index in [1.165, 1.54) is 31.0 Å². The van der Waals surface area contributed by atoms with Crippen molar-refractivity contribution < 1.29 is 23.0 Å². The maximum atomic E-state index is 12.4. The largest absolute Gasteiger partial charge is 0.493 e. The summed E-state index contributed by atoms with van der Waals surface area (Å²) < 4.78 is 34.4. The van der Waals surface area contributed by atoms with E-state index in [0.717, 1.165) is 16.8 Å². The van der Waals surface area contributed by atoms with Crippen LogP contribution in [0.5, 0.6) is 11.5 Å². The maximum absolute atomic E-state index is 12.4. The van der Waals surface area contributed by atoms with Crippen molar-refractivity contribution >= 4 is 34.6 Å². The highest BCUT2D eigenvalue weighted by Crippen LogP contribution is 2.33. The molecule has 1 saturated heterocycles. The van der Waals surface area contributed by atoms with Crippen molar-refractivity contribution in [1.29, 1.82) is 0 Å². The molecule has 146 valence electrons. The zero-order valence-electron chi connectivity index (χ0n) is 15.5. The van der Waals surface area contributed by atoms with Gasteiger partial charge in [-0.15, -0.1) is 0 Å². The van der Waals surface area contributed by atoms with Gasteiger partial charge in [0.2, 0.25) is 0 Å². The minimum atomic E-state index is -2.95. The maximum Gasteiger partial charge on any atom is 0.387 e. The van der Waals surface area contributed by atoms with Crippen LogP contribution in [0.2, 0.25) is 0 Å². The van der Waals surface area contributed by atoms with E-state index >= 15 is 0 Å². The van der Waals surface area contributed by atoms with Gasteiger partial charge in [0.1, 0.15) is 0 Å². The summed E-state index contributed by atoms with van der Waals surface area (Å²) >= 11 is 1.21. The number of ether oxygens (including phenoxy) is 2. The molecular weight excluding hydrogens is 386 g/mol. The molecule has 0 radical (unpaired) electrons. The summed E-state index contributed by atoms with van der Waals surface area (Å²) in [5.74, 6) is -0.191. The van der Waals surface area contributed by atoms with Gasteiger partial charge in [-0.1, -0.05) is 18.2 Å². The summed E-state index contributed by atoms with van der Waals surface area (Å²) in [6, 6.07) is 10.4. The highest BCUT2D eigenvalue weighted by atomic mass is 32.2. The lowest BCUT2D eigenvalue weighted by Crippen LogP contribution is -2.19. The highest BCUT2D eigenvalue weighted by molar-refractivity contribution is 8.18. The van der Waals surface area contributed by atoms with Gasteiger partial charge in [-0.25, -0.2) is 4.99 Å². The number of aryl methyl sites for hydroxylation is 2. The lowest BCUT2D eigenvalue weighted by molar-refractivity contribution is -0.115. The van der Waals surface area contributed by atoms with E-state index in [4.69, 9.17) is 4.74 Å². The number of nitrogens with one attached hydrogen (secondary N) is 1. The molecule has 1 N–H and O–H groups in total. The summed E-state index contributed by atoms with van der Waals surface area (Å²) in [5.41, 5.74) is 3.49. The first-order valence-electron chi connectivity index (χ1n) is 8.35. The number of thioether (sulfide) groups is 1. The molecule has 0 saturated carbocycles. The molecule has 1 aliphatic heterocycles. The van der Waals surface area contributed by atoms with Crippen molar-refractivity contribution in [2.45, 2.75) is 20.5 Å². The van der Waals surface area contributed by atoms with E-state index < -0.39 is 6.61 Å². The van der Waals surface area contributed by atoms with Crippen LogP contribution in [0.1, 0.15) is 16.7 Å². The number of amidine groups is 1. The second-order valence-corrected chi connectivity index (χ2v) is 7.09. The molecule has 0 atom stereocenters. The molecule has 5 nitrogen and oxygen atoms in total. The van der Waals surface area contributed by atoms with Gasteiger partial charge in [0, 0.05) is 0 Å². The molecule has 2 aromatic rings. The number of alkyl halides is 2. The Hall–Kier alpha value is -2.87. The highest BCUT2D eigenvalue weighted by Gasteiger charge is 2.24. The van der Waals surface area contributed by atoms with E-state index in [1.54, 1.807) is 12.1 Å². The molecule has 3 rings (SSSR count). The minimum absolute atomic E-state index is 0.0691. The third-order valence-electron chi connectivity index (χ3n) is 3.94. The van der Waals surface area contributed by atoms with Gasteiger partial charge in [0.25, 0.3) is 5.91 Å². The van der Waals surface area contributed by atoms with E-state index in [0.29, 0.717) is 15.6 Å². The molecule has 1 amide bonds. The van der Waals surface area contributed by atoms with Crippen molar-refractivity contribution in [3.63, 3.8) is 0 Å². The molecule has 8 heteroatoms. The molecule has 0 aromatic heterocycles. The third-order valence-corrected chi connectivity index (χ3v) is 4.85. The van der Waals surface area contributed by atoms with Gasteiger partial charge in [-0.3, -0.25) is 4.79 Å². The quantitative estimate of drug-likeness (QED) is 0.727. The van der Waals surface area contributed by atoms with Crippen LogP contribution < -0.4 is 14.8 Å². The zero-order valence-corrected chi connectivity index (χ0v) is 16.3. The van der Waals surface area contributed by atoms with Crippen molar-refractivity contribution in [3.05, 3.63) is 58.0 Å². The van der Waals surface area contributed by atoms with Gasteiger partial charge >= 0.3 is 6.61 Å². The number of carbonyl (C=O) groups excluding carboxylic acids is 1. The first kappa shape index (κ1) is 19.9. The predicted octanol–water partition coefficient (Wildman–Crippen LogP) is 4.81. The molecule has 0 unspecified atom stereocenters. The van der Waals surface area contributed by atoms with Crippen molar-refractivity contribution in [1.82, 2.24) is 5.32 Å². The Morgan fingerprint density at radius 3 is 2.64 bits per heavy atom. The Labute approximate surface area is 165 Å². The Balaban J connectivity index is 1.84. The Morgan fingerprint density at radius 1 is 1.14 bits per heavy atom. The van der Waals surface area contributed by atoms with E-state index in [1.807, 2.05) is 32.0 Å². The fourth-order valence-electron chi connectivity index (χ4n) is 2.55. The van der Waals surface area contributed by atoms with Crippen LogP contribution in [0, 0.1) is 13.8 Å². The smallest absolute Gasteiger partial charge is 0.387 e. The minimum Gasteiger partial charge on any atom is -0.493 e. The standard InChI is InChI=1S/C20H18F2N2O3S/c1-11-4-5-12(2)14(8-11)23-20-24-18(25)17(28-20)10-13-6-7-15(27-19(21)22)16(9-13)26-3/h4-10,19H,1-3H3,(H,23,24,25)/b17-10+. The number of halogens is 2. The molecule has 0 bridgehead atoms.